The van der Waals surface area contributed by atoms with Crippen molar-refractivity contribution in [3.05, 3.63) is 106 Å². The maximum absolute atomic E-state index is 12.8. The van der Waals surface area contributed by atoms with Crippen molar-refractivity contribution in [2.45, 2.75) is 0 Å². The number of hydrogen-bond acceptors (Lipinski definition) is 4. The Bertz CT molecular complexity index is 1630. The first kappa shape index (κ1) is 18.7. The molecule has 32 heavy (non-hydrogen) atoms. The van der Waals surface area contributed by atoms with Crippen LogP contribution in [-0.4, -0.2) is 9.78 Å². The average Bonchev–Trinajstić information content (AvgIpc) is 3.44. The first-order valence-corrected chi connectivity index (χ1v) is 10.4. The summed E-state index contributed by atoms with van der Waals surface area (Å²) < 4.78 is 14.1. The maximum Gasteiger partial charge on any atom is 0.193 e. The van der Waals surface area contributed by atoms with Crippen LogP contribution >= 0.6 is 11.6 Å². The molecule has 3 heterocycles. The molecule has 0 radical (unpaired) electrons. The Morgan fingerprint density at radius 3 is 2.41 bits per heavy atom. The Morgan fingerprint density at radius 1 is 0.781 bits per heavy atom. The van der Waals surface area contributed by atoms with E-state index in [9.17, 15) is 4.79 Å². The molecule has 0 saturated heterocycles. The van der Waals surface area contributed by atoms with Gasteiger partial charge in [0.25, 0.3) is 0 Å². The summed E-state index contributed by atoms with van der Waals surface area (Å²) in [4.78, 5) is 12.8. The van der Waals surface area contributed by atoms with E-state index in [-0.39, 0.29) is 5.43 Å². The molecule has 0 aliphatic carbocycles. The van der Waals surface area contributed by atoms with E-state index in [1.165, 1.54) is 6.07 Å². The minimum Gasteiger partial charge on any atom is -0.456 e. The van der Waals surface area contributed by atoms with E-state index >= 15 is 0 Å². The Labute approximate surface area is 187 Å². The van der Waals surface area contributed by atoms with Crippen LogP contribution in [0, 0.1) is 0 Å². The SMILES string of the molecule is O=c1cc(-c2cnn(-c3ccccc3)c2-c2cc3ccccc3o2)oc2ccc(Cl)cc12. The molecule has 0 atom stereocenters. The van der Waals surface area contributed by atoms with Gasteiger partial charge in [-0.1, -0.05) is 48.0 Å². The fourth-order valence-corrected chi connectivity index (χ4v) is 4.06. The molecule has 0 spiro atoms. The highest BCUT2D eigenvalue weighted by Crippen LogP contribution is 2.37. The second-order valence-electron chi connectivity index (χ2n) is 7.42. The van der Waals surface area contributed by atoms with Crippen LogP contribution in [0.15, 0.2) is 105 Å². The second-order valence-corrected chi connectivity index (χ2v) is 7.85. The van der Waals surface area contributed by atoms with Gasteiger partial charge in [0.05, 0.1) is 22.8 Å². The van der Waals surface area contributed by atoms with Crippen LogP contribution in [0.4, 0.5) is 0 Å². The molecule has 6 rings (SSSR count). The van der Waals surface area contributed by atoms with E-state index in [1.807, 2.05) is 60.7 Å². The minimum absolute atomic E-state index is 0.174. The van der Waals surface area contributed by atoms with Crippen LogP contribution in [0.1, 0.15) is 0 Å². The maximum atomic E-state index is 12.8. The van der Waals surface area contributed by atoms with Gasteiger partial charge in [-0.2, -0.15) is 5.10 Å². The van der Waals surface area contributed by atoms with E-state index in [0.29, 0.717) is 38.8 Å². The predicted molar refractivity (Wildman–Crippen MR) is 125 cm³/mol. The van der Waals surface area contributed by atoms with Gasteiger partial charge in [0, 0.05) is 16.5 Å². The van der Waals surface area contributed by atoms with E-state index in [1.54, 1.807) is 29.1 Å². The molecular weight excluding hydrogens is 424 g/mol. The highest BCUT2D eigenvalue weighted by Gasteiger charge is 2.22. The zero-order valence-corrected chi connectivity index (χ0v) is 17.4. The zero-order valence-electron chi connectivity index (χ0n) is 16.7. The average molecular weight is 439 g/mol. The van der Waals surface area contributed by atoms with Gasteiger partial charge in [0.2, 0.25) is 0 Å². The summed E-state index contributed by atoms with van der Waals surface area (Å²) in [6.45, 7) is 0. The van der Waals surface area contributed by atoms with Crippen LogP contribution in [0.25, 0.3) is 50.4 Å². The van der Waals surface area contributed by atoms with Gasteiger partial charge >= 0.3 is 0 Å². The van der Waals surface area contributed by atoms with Crippen LogP contribution in [0.2, 0.25) is 5.02 Å². The topological polar surface area (TPSA) is 61.2 Å². The van der Waals surface area contributed by atoms with Crippen LogP contribution in [-0.2, 0) is 0 Å². The van der Waals surface area contributed by atoms with Crippen molar-refractivity contribution in [1.82, 2.24) is 9.78 Å². The Hall–Kier alpha value is -4.09. The van der Waals surface area contributed by atoms with Crippen molar-refractivity contribution in [1.29, 1.82) is 0 Å². The number of nitrogens with zero attached hydrogens (tertiary/aromatic N) is 2. The molecule has 0 fully saturated rings. The van der Waals surface area contributed by atoms with Gasteiger partial charge in [-0.3, -0.25) is 4.79 Å². The molecule has 5 nitrogen and oxygen atoms in total. The lowest BCUT2D eigenvalue weighted by Crippen LogP contribution is -2.01. The van der Waals surface area contributed by atoms with Crippen LogP contribution in [0.3, 0.4) is 0 Å². The smallest absolute Gasteiger partial charge is 0.193 e. The molecule has 154 valence electrons. The molecule has 0 saturated carbocycles. The van der Waals surface area contributed by atoms with Crippen molar-refractivity contribution < 1.29 is 8.83 Å². The lowest BCUT2D eigenvalue weighted by molar-refractivity contribution is 0.613. The van der Waals surface area contributed by atoms with Gasteiger partial charge in [-0.15, -0.1) is 0 Å². The minimum atomic E-state index is -0.174. The summed E-state index contributed by atoms with van der Waals surface area (Å²) in [5, 5.41) is 6.50. The number of halogens is 1. The van der Waals surface area contributed by atoms with Crippen molar-refractivity contribution >= 4 is 33.5 Å². The molecule has 0 bridgehead atoms. The molecule has 0 aliphatic heterocycles. The Morgan fingerprint density at radius 2 is 1.56 bits per heavy atom. The molecule has 0 N–H and O–H groups in total. The second kappa shape index (κ2) is 7.25. The first-order chi connectivity index (χ1) is 15.7. The molecule has 0 aliphatic rings. The van der Waals surface area contributed by atoms with E-state index in [0.717, 1.165) is 16.7 Å². The number of rotatable bonds is 3. The van der Waals surface area contributed by atoms with Gasteiger partial charge in [0.1, 0.15) is 22.6 Å². The third kappa shape index (κ3) is 3.02. The molecule has 3 aromatic carbocycles. The summed E-state index contributed by atoms with van der Waals surface area (Å²) in [7, 11) is 0. The number of benzene rings is 3. The van der Waals surface area contributed by atoms with Crippen molar-refractivity contribution in [2.24, 2.45) is 0 Å². The summed E-state index contributed by atoms with van der Waals surface area (Å²) in [5.74, 6) is 1.03. The fraction of sp³-hybridized carbons (Fsp3) is 0. The van der Waals surface area contributed by atoms with Crippen molar-refractivity contribution in [3.63, 3.8) is 0 Å². The number of aromatic nitrogens is 2. The lowest BCUT2D eigenvalue weighted by Gasteiger charge is -2.08. The number of fused-ring (bicyclic) bond motifs is 2. The van der Waals surface area contributed by atoms with E-state index in [2.05, 4.69) is 5.10 Å². The first-order valence-electron chi connectivity index (χ1n) is 10.0. The molecule has 0 unspecified atom stereocenters. The zero-order chi connectivity index (χ0) is 21.7. The number of furan rings is 1. The largest absolute Gasteiger partial charge is 0.456 e. The van der Waals surface area contributed by atoms with Crippen LogP contribution < -0.4 is 5.43 Å². The highest BCUT2D eigenvalue weighted by molar-refractivity contribution is 6.31. The van der Waals surface area contributed by atoms with Gasteiger partial charge in [-0.05, 0) is 42.5 Å². The van der Waals surface area contributed by atoms with Crippen LogP contribution in [0.5, 0.6) is 0 Å². The van der Waals surface area contributed by atoms with Crippen molar-refractivity contribution in [2.75, 3.05) is 0 Å². The summed E-state index contributed by atoms with van der Waals surface area (Å²) in [6.07, 6.45) is 1.69. The molecule has 0 amide bonds. The lowest BCUT2D eigenvalue weighted by atomic mass is 10.1. The van der Waals surface area contributed by atoms with Gasteiger partial charge < -0.3 is 8.83 Å². The van der Waals surface area contributed by atoms with Gasteiger partial charge in [0.15, 0.2) is 11.2 Å². The summed E-state index contributed by atoms with van der Waals surface area (Å²) in [6, 6.07) is 26.0. The highest BCUT2D eigenvalue weighted by atomic mass is 35.5. The third-order valence-electron chi connectivity index (χ3n) is 5.38. The number of hydrogen-bond donors (Lipinski definition) is 0. The normalized spacial score (nSPS) is 11.4. The molecule has 3 aromatic heterocycles. The molecular formula is C26H15ClN2O3. The summed E-state index contributed by atoms with van der Waals surface area (Å²) in [5.41, 5.74) is 3.27. The third-order valence-corrected chi connectivity index (χ3v) is 5.62. The van der Waals surface area contributed by atoms with E-state index < -0.39 is 0 Å². The van der Waals surface area contributed by atoms with Gasteiger partial charge in [-0.25, -0.2) is 4.68 Å². The predicted octanol–water partition coefficient (Wildman–Crippen LogP) is 6.71. The Kier molecular flexibility index (Phi) is 4.23. The Balaban J connectivity index is 1.64. The standard InChI is InChI=1S/C26H15ClN2O3/c27-17-10-11-23-19(13-17)21(30)14-24(32-23)20-15-28-29(18-7-2-1-3-8-18)26(20)25-12-16-6-4-5-9-22(16)31-25/h1-15H. The summed E-state index contributed by atoms with van der Waals surface area (Å²) >= 11 is 6.06. The monoisotopic (exact) mass is 438 g/mol. The molecule has 6 heteroatoms. The molecule has 6 aromatic rings. The fourth-order valence-electron chi connectivity index (χ4n) is 3.89. The number of para-hydroxylation sites is 2. The van der Waals surface area contributed by atoms with Crippen molar-refractivity contribution in [3.8, 4) is 28.5 Å². The quantitative estimate of drug-likeness (QED) is 0.308. The van der Waals surface area contributed by atoms with E-state index in [4.69, 9.17) is 20.4 Å².